The quantitative estimate of drug-likeness (QED) is 0.462. The Morgan fingerprint density at radius 1 is 1.86 bits per heavy atom. The van der Waals surface area contributed by atoms with Gasteiger partial charge in [-0.2, -0.15) is 0 Å². The van der Waals surface area contributed by atoms with Crippen molar-refractivity contribution < 1.29 is 5.11 Å². The van der Waals surface area contributed by atoms with Gasteiger partial charge in [0, 0.05) is 12.3 Å². The number of rotatable bonds is 0. The molecule has 0 aromatic carbocycles. The van der Waals surface area contributed by atoms with Crippen LogP contribution < -0.4 is 0 Å². The topological polar surface area (TPSA) is 32.6 Å². The Kier molecular flexibility index (Phi) is 1.11. The lowest BCUT2D eigenvalue weighted by Gasteiger charge is -1.95. The first-order valence-electron chi connectivity index (χ1n) is 2.49. The van der Waals surface area contributed by atoms with E-state index in [1.807, 2.05) is 6.92 Å². The number of hydrogen-bond acceptors (Lipinski definition) is 2. The second kappa shape index (κ2) is 1.62. The van der Waals surface area contributed by atoms with Crippen molar-refractivity contribution in [2.45, 2.75) is 19.4 Å². The largest absolute Gasteiger partial charge is 0.387 e. The summed E-state index contributed by atoms with van der Waals surface area (Å²) in [6.07, 6.45) is 0.589. The molecule has 0 amide bonds. The first-order chi connectivity index (χ1) is 3.30. The molecule has 2 nitrogen and oxygen atoms in total. The van der Waals surface area contributed by atoms with Crippen molar-refractivity contribution in [3.05, 3.63) is 0 Å². The molecule has 1 atom stereocenters. The van der Waals surface area contributed by atoms with E-state index in [9.17, 15) is 0 Å². The summed E-state index contributed by atoms with van der Waals surface area (Å²) >= 11 is 0. The van der Waals surface area contributed by atoms with Crippen LogP contribution in [0.4, 0.5) is 0 Å². The molecule has 1 N–H and O–H groups in total. The summed E-state index contributed by atoms with van der Waals surface area (Å²) in [5, 5.41) is 8.87. The number of hydrogen-bond donors (Lipinski definition) is 1. The highest BCUT2D eigenvalue weighted by atomic mass is 16.3. The van der Waals surface area contributed by atoms with Gasteiger partial charge in [0.1, 0.15) is 0 Å². The van der Waals surface area contributed by atoms with E-state index in [-0.39, 0.29) is 6.10 Å². The monoisotopic (exact) mass is 99.1 g/mol. The fourth-order valence-corrected chi connectivity index (χ4v) is 0.677. The normalized spacial score (nSPS) is 30.6. The van der Waals surface area contributed by atoms with Gasteiger partial charge in [0.2, 0.25) is 0 Å². The van der Waals surface area contributed by atoms with Gasteiger partial charge in [-0.15, -0.1) is 0 Å². The summed E-state index contributed by atoms with van der Waals surface area (Å²) in [5.74, 6) is 0. The number of aliphatic imine (C=N–C) groups is 1. The molecule has 1 aliphatic heterocycles. The molecule has 1 heterocycles. The van der Waals surface area contributed by atoms with Crippen molar-refractivity contribution >= 4 is 5.71 Å². The third-order valence-electron chi connectivity index (χ3n) is 1.25. The van der Waals surface area contributed by atoms with Crippen LogP contribution >= 0.6 is 0 Å². The van der Waals surface area contributed by atoms with E-state index in [2.05, 4.69) is 4.99 Å². The van der Waals surface area contributed by atoms with Crippen LogP contribution in [0.1, 0.15) is 13.3 Å². The predicted molar refractivity (Wildman–Crippen MR) is 28.6 cm³/mol. The molecule has 0 saturated carbocycles. The molecular weight excluding hydrogens is 90.1 g/mol. The molecule has 0 aromatic heterocycles. The van der Waals surface area contributed by atoms with Crippen LogP contribution in [-0.2, 0) is 0 Å². The van der Waals surface area contributed by atoms with Gasteiger partial charge in [0.25, 0.3) is 0 Å². The summed E-state index contributed by atoms with van der Waals surface area (Å²) in [6.45, 7) is 2.67. The fourth-order valence-electron chi connectivity index (χ4n) is 0.677. The lowest BCUT2D eigenvalue weighted by molar-refractivity contribution is 0.243. The van der Waals surface area contributed by atoms with E-state index in [0.29, 0.717) is 0 Å². The van der Waals surface area contributed by atoms with Crippen LogP contribution in [0.3, 0.4) is 0 Å². The highest BCUT2D eigenvalue weighted by Gasteiger charge is 2.11. The lowest BCUT2D eigenvalue weighted by Crippen LogP contribution is -2.10. The second-order valence-corrected chi connectivity index (χ2v) is 1.83. The van der Waals surface area contributed by atoms with E-state index in [0.717, 1.165) is 18.7 Å². The Bertz CT molecular complexity index is 98.3. The molecule has 0 radical (unpaired) electrons. The van der Waals surface area contributed by atoms with Gasteiger partial charge in [-0.3, -0.25) is 4.99 Å². The van der Waals surface area contributed by atoms with E-state index >= 15 is 0 Å². The van der Waals surface area contributed by atoms with Crippen molar-refractivity contribution in [1.29, 1.82) is 0 Å². The van der Waals surface area contributed by atoms with Crippen molar-refractivity contribution in [2.75, 3.05) is 6.54 Å². The van der Waals surface area contributed by atoms with Crippen molar-refractivity contribution in [1.82, 2.24) is 0 Å². The zero-order chi connectivity index (χ0) is 5.28. The molecule has 0 bridgehead atoms. The standard InChI is InChI=1S/C5H9NO/c1-4-5(7)2-3-6-4/h5,7H,2-3H2,1H3. The summed E-state index contributed by atoms with van der Waals surface area (Å²) < 4.78 is 0. The smallest absolute Gasteiger partial charge is 0.0931 e. The van der Waals surface area contributed by atoms with Crippen molar-refractivity contribution in [2.24, 2.45) is 4.99 Å². The van der Waals surface area contributed by atoms with Gasteiger partial charge in [0.15, 0.2) is 0 Å². The van der Waals surface area contributed by atoms with E-state index in [4.69, 9.17) is 5.11 Å². The molecule has 7 heavy (non-hydrogen) atoms. The third-order valence-corrected chi connectivity index (χ3v) is 1.25. The Morgan fingerprint density at radius 2 is 2.57 bits per heavy atom. The number of aliphatic hydroxyl groups is 1. The molecule has 40 valence electrons. The van der Waals surface area contributed by atoms with Crippen molar-refractivity contribution in [3.8, 4) is 0 Å². The molecule has 1 aliphatic rings. The Hall–Kier alpha value is -0.370. The Morgan fingerprint density at radius 3 is 2.71 bits per heavy atom. The minimum atomic E-state index is -0.236. The number of nitrogens with zero attached hydrogens (tertiary/aromatic N) is 1. The third kappa shape index (κ3) is 0.800. The van der Waals surface area contributed by atoms with E-state index in [1.54, 1.807) is 0 Å². The van der Waals surface area contributed by atoms with E-state index < -0.39 is 0 Å². The SMILES string of the molecule is CC1=NCCC1O. The molecule has 1 rings (SSSR count). The second-order valence-electron chi connectivity index (χ2n) is 1.83. The zero-order valence-electron chi connectivity index (χ0n) is 4.39. The minimum Gasteiger partial charge on any atom is -0.387 e. The highest BCUT2D eigenvalue weighted by Crippen LogP contribution is 2.03. The lowest BCUT2D eigenvalue weighted by atomic mass is 10.2. The average Bonchev–Trinajstić information content (AvgIpc) is 1.91. The molecule has 0 fully saturated rings. The van der Waals surface area contributed by atoms with Crippen LogP contribution in [0.2, 0.25) is 0 Å². The molecule has 0 aromatic rings. The van der Waals surface area contributed by atoms with Gasteiger partial charge in [-0.25, -0.2) is 0 Å². The maximum atomic E-state index is 8.87. The van der Waals surface area contributed by atoms with Gasteiger partial charge in [0.05, 0.1) is 6.10 Å². The predicted octanol–water partition coefficient (Wildman–Crippen LogP) is 0.212. The molecular formula is C5H9NO. The van der Waals surface area contributed by atoms with E-state index in [1.165, 1.54) is 0 Å². The molecule has 0 spiro atoms. The Labute approximate surface area is 42.9 Å². The maximum Gasteiger partial charge on any atom is 0.0931 e. The molecule has 2 heteroatoms. The highest BCUT2D eigenvalue weighted by molar-refractivity contribution is 5.87. The minimum absolute atomic E-state index is 0.236. The first kappa shape index (κ1) is 4.78. The van der Waals surface area contributed by atoms with Gasteiger partial charge in [-0.05, 0) is 13.3 Å². The average molecular weight is 99.1 g/mol. The fraction of sp³-hybridized carbons (Fsp3) is 0.800. The van der Waals surface area contributed by atoms with Crippen LogP contribution in [0, 0.1) is 0 Å². The van der Waals surface area contributed by atoms with Gasteiger partial charge >= 0.3 is 0 Å². The summed E-state index contributed by atoms with van der Waals surface area (Å²) in [4.78, 5) is 3.98. The first-order valence-corrected chi connectivity index (χ1v) is 2.49. The maximum absolute atomic E-state index is 8.87. The zero-order valence-corrected chi connectivity index (χ0v) is 4.39. The van der Waals surface area contributed by atoms with Crippen LogP contribution in [0.5, 0.6) is 0 Å². The molecule has 0 saturated heterocycles. The number of aliphatic hydroxyl groups excluding tert-OH is 1. The van der Waals surface area contributed by atoms with Gasteiger partial charge in [-0.1, -0.05) is 0 Å². The van der Waals surface area contributed by atoms with Crippen molar-refractivity contribution in [3.63, 3.8) is 0 Å². The molecule has 0 aliphatic carbocycles. The Balaban J connectivity index is 2.54. The summed E-state index contributed by atoms with van der Waals surface area (Å²) in [6, 6.07) is 0. The van der Waals surface area contributed by atoms with Crippen LogP contribution in [-0.4, -0.2) is 23.5 Å². The van der Waals surface area contributed by atoms with Crippen LogP contribution in [0.25, 0.3) is 0 Å². The summed E-state index contributed by atoms with van der Waals surface area (Å²) in [7, 11) is 0. The van der Waals surface area contributed by atoms with Crippen LogP contribution in [0.15, 0.2) is 4.99 Å². The van der Waals surface area contributed by atoms with Gasteiger partial charge < -0.3 is 5.11 Å². The molecule has 1 unspecified atom stereocenters. The summed E-state index contributed by atoms with van der Waals surface area (Å²) in [5.41, 5.74) is 0.889.